The average Bonchev–Trinajstić information content (AvgIpc) is 2.79. The summed E-state index contributed by atoms with van der Waals surface area (Å²) in [5.74, 6) is 0.273. The van der Waals surface area contributed by atoms with E-state index in [1.807, 2.05) is 0 Å². The van der Waals surface area contributed by atoms with Gasteiger partial charge in [-0.2, -0.15) is 0 Å². The van der Waals surface area contributed by atoms with Crippen molar-refractivity contribution < 1.29 is 17.9 Å². The van der Waals surface area contributed by atoms with Gasteiger partial charge >= 0.3 is 11.1 Å². The second-order valence-electron chi connectivity index (χ2n) is 7.92. The first-order chi connectivity index (χ1) is 16.6. The Morgan fingerprint density at radius 2 is 1.66 bits per heavy atom. The molecule has 0 bridgehead atoms. The highest BCUT2D eigenvalue weighted by Crippen LogP contribution is 2.37. The fourth-order valence-electron chi connectivity index (χ4n) is 3.81. The molecule has 4 N–H and O–H groups in total. The maximum atomic E-state index is 13.1. The molecule has 1 aromatic heterocycles. The fraction of sp³-hybridized carbons (Fsp3) is 0.0870. The van der Waals surface area contributed by atoms with Crippen molar-refractivity contribution in [3.8, 4) is 16.9 Å². The van der Waals surface area contributed by atoms with E-state index in [0.717, 1.165) is 5.56 Å². The van der Waals surface area contributed by atoms with Crippen molar-refractivity contribution in [1.82, 2.24) is 9.97 Å². The first-order valence-corrected chi connectivity index (χ1v) is 12.1. The molecule has 0 aliphatic carbocycles. The molecule has 2 heterocycles. The molecule has 5 rings (SSSR count). The number of H-pyrrole nitrogens is 2. The van der Waals surface area contributed by atoms with Crippen LogP contribution in [0.2, 0.25) is 5.02 Å². The molecule has 3 aromatic carbocycles. The minimum atomic E-state index is -4.05. The van der Waals surface area contributed by atoms with Crippen LogP contribution in [0, 0.1) is 6.92 Å². The predicted octanol–water partition coefficient (Wildman–Crippen LogP) is 2.98. The Labute approximate surface area is 203 Å². The number of benzene rings is 3. The number of nitrogens with one attached hydrogen (secondary N) is 4. The lowest BCUT2D eigenvalue weighted by Crippen LogP contribution is -2.29. The first kappa shape index (κ1) is 22.7. The number of anilines is 2. The number of carbonyl (C=O) groups excluding carboxylic acids is 1. The summed E-state index contributed by atoms with van der Waals surface area (Å²) in [4.78, 5) is 39.4. The van der Waals surface area contributed by atoms with Crippen LogP contribution in [0.25, 0.3) is 22.2 Å². The number of aromatic nitrogens is 2. The Bertz CT molecular complexity index is 1760. The largest absolute Gasteiger partial charge is 0.482 e. The molecule has 0 saturated carbocycles. The third-order valence-corrected chi connectivity index (χ3v) is 7.29. The highest BCUT2D eigenvalue weighted by Gasteiger charge is 2.20. The molecule has 0 atom stereocenters. The quantitative estimate of drug-likeness (QED) is 0.309. The molecule has 4 aromatic rings. The number of amides is 1. The van der Waals surface area contributed by atoms with Crippen LogP contribution >= 0.6 is 11.6 Å². The zero-order valence-corrected chi connectivity index (χ0v) is 19.6. The first-order valence-electron chi connectivity index (χ1n) is 10.3. The lowest BCUT2D eigenvalue weighted by Gasteiger charge is -2.19. The molecule has 10 nitrogen and oxygen atoms in total. The van der Waals surface area contributed by atoms with E-state index in [1.54, 1.807) is 37.3 Å². The van der Waals surface area contributed by atoms with E-state index in [2.05, 4.69) is 20.0 Å². The van der Waals surface area contributed by atoms with Gasteiger partial charge in [0.15, 0.2) is 6.61 Å². The molecule has 1 aliphatic heterocycles. The zero-order chi connectivity index (χ0) is 24.9. The SMILES string of the molecule is Cc1cc2[nH]c(=O)c(=O)[nH]c2cc1S(=O)(=O)Nc1ccc(-c2ccc3c(c2)OCC(=O)N3)c(Cl)c1. The number of hydrogen-bond acceptors (Lipinski definition) is 6. The van der Waals surface area contributed by atoms with E-state index >= 15 is 0 Å². The maximum absolute atomic E-state index is 13.1. The summed E-state index contributed by atoms with van der Waals surface area (Å²) in [5.41, 5.74) is 1.31. The highest BCUT2D eigenvalue weighted by atomic mass is 35.5. The van der Waals surface area contributed by atoms with Crippen LogP contribution in [0.15, 0.2) is 63.0 Å². The average molecular weight is 513 g/mol. The van der Waals surface area contributed by atoms with Gasteiger partial charge in [-0.05, 0) is 54.4 Å². The van der Waals surface area contributed by atoms with E-state index in [9.17, 15) is 22.8 Å². The van der Waals surface area contributed by atoms with Gasteiger partial charge in [0, 0.05) is 5.56 Å². The van der Waals surface area contributed by atoms with Crippen molar-refractivity contribution >= 4 is 49.9 Å². The fourth-order valence-corrected chi connectivity index (χ4v) is 5.40. The van der Waals surface area contributed by atoms with E-state index < -0.39 is 21.1 Å². The Morgan fingerprint density at radius 1 is 0.943 bits per heavy atom. The van der Waals surface area contributed by atoms with Gasteiger partial charge < -0.3 is 20.0 Å². The molecular weight excluding hydrogens is 496 g/mol. The lowest BCUT2D eigenvalue weighted by atomic mass is 10.0. The van der Waals surface area contributed by atoms with Crippen molar-refractivity contribution in [3.05, 3.63) is 79.8 Å². The monoisotopic (exact) mass is 512 g/mol. The minimum Gasteiger partial charge on any atom is -0.482 e. The molecule has 0 spiro atoms. The molecule has 0 fully saturated rings. The summed E-state index contributed by atoms with van der Waals surface area (Å²) in [5, 5.41) is 3.01. The maximum Gasteiger partial charge on any atom is 0.314 e. The van der Waals surface area contributed by atoms with E-state index in [-0.39, 0.29) is 28.6 Å². The van der Waals surface area contributed by atoms with Gasteiger partial charge in [-0.15, -0.1) is 0 Å². The van der Waals surface area contributed by atoms with Gasteiger partial charge in [-0.1, -0.05) is 23.7 Å². The number of carbonyl (C=O) groups is 1. The van der Waals surface area contributed by atoms with Crippen molar-refractivity contribution in [2.45, 2.75) is 11.8 Å². The van der Waals surface area contributed by atoms with E-state index in [4.69, 9.17) is 16.3 Å². The van der Waals surface area contributed by atoms with Crippen molar-refractivity contribution in [3.63, 3.8) is 0 Å². The number of halogens is 1. The standard InChI is InChI=1S/C23H17ClN4O6S/c1-11-6-17-18(27-23(31)22(30)26-17)9-20(11)35(32,33)28-13-3-4-14(15(24)8-13)12-2-5-16-19(7-12)34-10-21(29)25-16/h2-9,28H,10H2,1H3,(H,25,29)(H,26,30)(H,27,31). The molecule has 178 valence electrons. The Morgan fingerprint density at radius 3 is 2.37 bits per heavy atom. The number of aromatic amines is 2. The predicted molar refractivity (Wildman–Crippen MR) is 132 cm³/mol. The number of ether oxygens (including phenoxy) is 1. The second-order valence-corrected chi connectivity index (χ2v) is 9.98. The second kappa shape index (κ2) is 8.29. The number of hydrogen-bond donors (Lipinski definition) is 4. The highest BCUT2D eigenvalue weighted by molar-refractivity contribution is 7.92. The topological polar surface area (TPSA) is 150 Å². The van der Waals surface area contributed by atoms with Gasteiger partial charge in [0.05, 0.1) is 32.3 Å². The van der Waals surface area contributed by atoms with Crippen LogP contribution < -0.4 is 25.9 Å². The Balaban J connectivity index is 1.46. The third kappa shape index (κ3) is 4.27. The summed E-state index contributed by atoms with van der Waals surface area (Å²) in [6, 6.07) is 12.7. The molecule has 12 heteroatoms. The lowest BCUT2D eigenvalue weighted by molar-refractivity contribution is -0.118. The van der Waals surface area contributed by atoms with E-state index in [1.165, 1.54) is 18.2 Å². The van der Waals surface area contributed by atoms with Crippen LogP contribution in [0.1, 0.15) is 5.56 Å². The van der Waals surface area contributed by atoms with Crippen LogP contribution in [0.3, 0.4) is 0 Å². The molecule has 0 unspecified atom stereocenters. The third-order valence-electron chi connectivity index (χ3n) is 5.45. The summed E-state index contributed by atoms with van der Waals surface area (Å²) >= 11 is 6.47. The van der Waals surface area contributed by atoms with Crippen LogP contribution in [0.5, 0.6) is 5.75 Å². The van der Waals surface area contributed by atoms with E-state index in [0.29, 0.717) is 33.1 Å². The van der Waals surface area contributed by atoms with Gasteiger partial charge in [0.2, 0.25) is 0 Å². The number of fused-ring (bicyclic) bond motifs is 2. The molecule has 0 saturated heterocycles. The Hall–Kier alpha value is -4.09. The Kier molecular flexibility index (Phi) is 5.37. The van der Waals surface area contributed by atoms with Crippen molar-refractivity contribution in [2.24, 2.45) is 0 Å². The van der Waals surface area contributed by atoms with Crippen LogP contribution in [-0.2, 0) is 14.8 Å². The smallest absolute Gasteiger partial charge is 0.314 e. The molecule has 0 radical (unpaired) electrons. The van der Waals surface area contributed by atoms with Gasteiger partial charge in [-0.3, -0.25) is 19.1 Å². The summed E-state index contributed by atoms with van der Waals surface area (Å²) < 4.78 is 34.1. The summed E-state index contributed by atoms with van der Waals surface area (Å²) in [6.45, 7) is 1.50. The number of rotatable bonds is 4. The summed E-state index contributed by atoms with van der Waals surface area (Å²) in [7, 11) is -4.05. The van der Waals surface area contributed by atoms with Gasteiger partial charge in [0.1, 0.15) is 5.75 Å². The van der Waals surface area contributed by atoms with Gasteiger partial charge in [0.25, 0.3) is 15.9 Å². The molecule has 1 aliphatic rings. The van der Waals surface area contributed by atoms with Crippen LogP contribution in [-0.4, -0.2) is 30.9 Å². The van der Waals surface area contributed by atoms with Crippen molar-refractivity contribution in [1.29, 1.82) is 0 Å². The summed E-state index contributed by atoms with van der Waals surface area (Å²) in [6.07, 6.45) is 0. The van der Waals surface area contributed by atoms with Crippen molar-refractivity contribution in [2.75, 3.05) is 16.6 Å². The molecule has 1 amide bonds. The number of aryl methyl sites for hydroxylation is 1. The zero-order valence-electron chi connectivity index (χ0n) is 18.1. The minimum absolute atomic E-state index is 0.0678. The molecule has 35 heavy (non-hydrogen) atoms. The normalized spacial score (nSPS) is 13.1. The number of sulfonamides is 1. The van der Waals surface area contributed by atoms with Gasteiger partial charge in [-0.25, -0.2) is 8.42 Å². The molecular formula is C23H17ClN4O6S. The van der Waals surface area contributed by atoms with Crippen LogP contribution in [0.4, 0.5) is 11.4 Å².